The van der Waals surface area contributed by atoms with E-state index in [1.54, 1.807) is 0 Å². The van der Waals surface area contributed by atoms with Crippen molar-refractivity contribution < 1.29 is 13.0 Å². The van der Waals surface area contributed by atoms with E-state index in [0.717, 1.165) is 19.3 Å². The minimum absolute atomic E-state index is 0. The van der Waals surface area contributed by atoms with Crippen molar-refractivity contribution in [2.45, 2.75) is 82.8 Å². The van der Waals surface area contributed by atoms with Crippen LogP contribution in [-0.2, 0) is 10.1 Å². The average Bonchev–Trinajstić information content (AvgIpc) is 2.34. The Labute approximate surface area is 147 Å². The third kappa shape index (κ3) is 13.8. The molecule has 0 aromatic rings. The van der Waals surface area contributed by atoms with Gasteiger partial charge in [0.1, 0.15) is 0 Å². The molecule has 1 atom stereocenters. The van der Waals surface area contributed by atoms with Gasteiger partial charge in [0.25, 0.3) is 10.1 Å². The molecule has 3 N–H and O–H groups in total. The Bertz CT molecular complexity index is 297. The summed E-state index contributed by atoms with van der Waals surface area (Å²) in [6, 6.07) is 0. The van der Waals surface area contributed by atoms with Gasteiger partial charge in [-0.1, -0.05) is 71.1 Å². The first-order chi connectivity index (χ1) is 9.02. The maximum absolute atomic E-state index is 10.9. The molecular weight excluding hydrogens is 285 g/mol. The van der Waals surface area contributed by atoms with Crippen molar-refractivity contribution in [3.05, 3.63) is 0 Å². The fraction of sp³-hybridized carbons (Fsp3) is 1.00. The van der Waals surface area contributed by atoms with Gasteiger partial charge in [0.05, 0.1) is 5.25 Å². The van der Waals surface area contributed by atoms with Gasteiger partial charge < -0.3 is 5.73 Å². The first-order valence-corrected chi connectivity index (χ1v) is 9.19. The first kappa shape index (κ1) is 23.1. The number of nitrogens with two attached hydrogens (primary N) is 1. The molecule has 0 amide bonds. The van der Waals surface area contributed by atoms with Crippen molar-refractivity contribution in [2.24, 2.45) is 5.73 Å². The van der Waals surface area contributed by atoms with Crippen LogP contribution < -0.4 is 5.73 Å². The van der Waals surface area contributed by atoms with Gasteiger partial charge in [0.2, 0.25) is 0 Å². The van der Waals surface area contributed by atoms with E-state index < -0.39 is 15.4 Å². The van der Waals surface area contributed by atoms with E-state index in [1.807, 2.05) is 0 Å². The summed E-state index contributed by atoms with van der Waals surface area (Å²) in [6.07, 6.45) is 12.6. The molecule has 0 aromatic carbocycles. The second-order valence-corrected chi connectivity index (χ2v) is 7.04. The molecule has 0 saturated carbocycles. The molecule has 0 aromatic heterocycles. The Balaban J connectivity index is 0. The minimum atomic E-state index is -3.95. The molecule has 0 rings (SSSR count). The maximum atomic E-state index is 10.9. The van der Waals surface area contributed by atoms with Crippen LogP contribution in [0.1, 0.15) is 77.6 Å². The Hall–Kier alpha value is 0.870. The zero-order valence-electron chi connectivity index (χ0n) is 12.3. The van der Waals surface area contributed by atoms with E-state index >= 15 is 0 Å². The Morgan fingerprint density at radius 3 is 1.65 bits per heavy atom. The topological polar surface area (TPSA) is 80.4 Å². The van der Waals surface area contributed by atoms with Crippen LogP contribution in [-0.4, -0.2) is 54.3 Å². The van der Waals surface area contributed by atoms with Gasteiger partial charge in [-0.2, -0.15) is 8.42 Å². The van der Waals surface area contributed by atoms with Crippen LogP contribution in [0.15, 0.2) is 0 Å². The molecule has 0 aliphatic rings. The molecule has 0 fully saturated rings. The van der Waals surface area contributed by atoms with E-state index in [-0.39, 0.29) is 36.1 Å². The summed E-state index contributed by atoms with van der Waals surface area (Å²) in [4.78, 5) is 0. The van der Waals surface area contributed by atoms with Crippen LogP contribution in [0.5, 0.6) is 0 Å². The fourth-order valence-electron chi connectivity index (χ4n) is 2.25. The van der Waals surface area contributed by atoms with Gasteiger partial charge in [-0.05, 0) is 6.42 Å². The SMILES string of the molecule is CCCCCCCCCCCCC(CN)S(=O)(=O)O.[NaH]. The molecule has 0 saturated heterocycles. The van der Waals surface area contributed by atoms with Crippen LogP contribution >= 0.6 is 0 Å². The molecule has 118 valence electrons. The first-order valence-electron chi connectivity index (χ1n) is 7.68. The van der Waals surface area contributed by atoms with Crippen LogP contribution in [0.3, 0.4) is 0 Å². The summed E-state index contributed by atoms with van der Waals surface area (Å²) in [5, 5.41) is -0.776. The van der Waals surface area contributed by atoms with Gasteiger partial charge in [-0.25, -0.2) is 0 Å². The Kier molecular flexibility index (Phi) is 17.1. The van der Waals surface area contributed by atoms with Crippen molar-refractivity contribution in [3.8, 4) is 0 Å². The normalized spacial score (nSPS) is 12.9. The van der Waals surface area contributed by atoms with Gasteiger partial charge in [-0.3, -0.25) is 4.55 Å². The van der Waals surface area contributed by atoms with E-state index in [4.69, 9.17) is 10.3 Å². The molecule has 0 bridgehead atoms. The van der Waals surface area contributed by atoms with E-state index in [2.05, 4.69) is 6.92 Å². The van der Waals surface area contributed by atoms with Crippen molar-refractivity contribution in [1.29, 1.82) is 0 Å². The molecule has 1 unspecified atom stereocenters. The molecule has 0 radical (unpaired) electrons. The summed E-state index contributed by atoms with van der Waals surface area (Å²) in [6.45, 7) is 2.23. The van der Waals surface area contributed by atoms with Crippen molar-refractivity contribution in [3.63, 3.8) is 0 Å². The summed E-state index contributed by atoms with van der Waals surface area (Å²) >= 11 is 0. The predicted molar refractivity (Wildman–Crippen MR) is 88.0 cm³/mol. The van der Waals surface area contributed by atoms with Crippen LogP contribution in [0.2, 0.25) is 0 Å². The summed E-state index contributed by atoms with van der Waals surface area (Å²) in [7, 11) is -3.95. The van der Waals surface area contributed by atoms with Crippen LogP contribution in [0.25, 0.3) is 0 Å². The number of hydrogen-bond acceptors (Lipinski definition) is 3. The molecular formula is C14H32NNaO3S. The van der Waals surface area contributed by atoms with Crippen molar-refractivity contribution >= 4 is 39.7 Å². The number of hydrogen-bond donors (Lipinski definition) is 2. The molecule has 4 nitrogen and oxygen atoms in total. The average molecular weight is 317 g/mol. The van der Waals surface area contributed by atoms with E-state index in [9.17, 15) is 8.42 Å². The second kappa shape index (κ2) is 14.8. The Morgan fingerprint density at radius 2 is 1.30 bits per heavy atom. The van der Waals surface area contributed by atoms with Gasteiger partial charge >= 0.3 is 29.6 Å². The number of unbranched alkanes of at least 4 members (excludes halogenated alkanes) is 9. The molecule has 0 aliphatic carbocycles. The monoisotopic (exact) mass is 317 g/mol. The Morgan fingerprint density at radius 1 is 0.900 bits per heavy atom. The molecule has 0 spiro atoms. The molecule has 0 heterocycles. The molecule has 0 aliphatic heterocycles. The van der Waals surface area contributed by atoms with Crippen LogP contribution in [0.4, 0.5) is 0 Å². The van der Waals surface area contributed by atoms with Crippen molar-refractivity contribution in [2.75, 3.05) is 6.54 Å². The molecule has 20 heavy (non-hydrogen) atoms. The van der Waals surface area contributed by atoms with Gasteiger partial charge in [-0.15, -0.1) is 0 Å². The zero-order valence-corrected chi connectivity index (χ0v) is 13.1. The fourth-order valence-corrected chi connectivity index (χ4v) is 2.96. The van der Waals surface area contributed by atoms with E-state index in [0.29, 0.717) is 6.42 Å². The predicted octanol–water partition coefficient (Wildman–Crippen LogP) is 2.86. The summed E-state index contributed by atoms with van der Waals surface area (Å²) in [5.74, 6) is 0. The van der Waals surface area contributed by atoms with Crippen LogP contribution in [0, 0.1) is 0 Å². The summed E-state index contributed by atoms with van der Waals surface area (Å²) in [5.41, 5.74) is 5.34. The zero-order chi connectivity index (χ0) is 14.6. The number of rotatable bonds is 13. The standard InChI is InChI=1S/C14H31NO3S.Na.H/c1-2-3-4-5-6-7-8-9-10-11-12-14(13-15)19(16,17)18;;/h14H,2-13,15H2,1H3,(H,16,17,18);;. The van der Waals surface area contributed by atoms with E-state index in [1.165, 1.54) is 44.9 Å². The summed E-state index contributed by atoms with van der Waals surface area (Å²) < 4.78 is 30.8. The van der Waals surface area contributed by atoms with Crippen molar-refractivity contribution in [1.82, 2.24) is 0 Å². The second-order valence-electron chi connectivity index (χ2n) is 5.34. The van der Waals surface area contributed by atoms with Gasteiger partial charge in [0, 0.05) is 6.54 Å². The molecule has 6 heteroatoms. The quantitative estimate of drug-likeness (QED) is 0.311. The van der Waals surface area contributed by atoms with Gasteiger partial charge in [0.15, 0.2) is 0 Å². The third-order valence-corrected chi connectivity index (χ3v) is 4.83. The third-order valence-electron chi connectivity index (χ3n) is 3.56.